The molecule has 0 aromatic heterocycles. The van der Waals surface area contributed by atoms with Crippen LogP contribution >= 0.6 is 0 Å². The Balaban J connectivity index is 1.37. The number of benzene rings is 3. The molecule has 160 valence electrons. The van der Waals surface area contributed by atoms with E-state index in [-0.39, 0.29) is 6.61 Å². The lowest BCUT2D eigenvalue weighted by Crippen LogP contribution is -2.23. The number of hydrogen-bond donors (Lipinski definition) is 1. The van der Waals surface area contributed by atoms with E-state index in [1.807, 2.05) is 30.3 Å². The third-order valence-corrected chi connectivity index (χ3v) is 4.17. The molecule has 3 rings (SSSR count). The number of nitrogens with one attached hydrogen (secondary N) is 1. The van der Waals surface area contributed by atoms with Crippen LogP contribution in [0.1, 0.15) is 5.56 Å². The van der Waals surface area contributed by atoms with E-state index in [2.05, 4.69) is 5.32 Å². The Morgan fingerprint density at radius 3 is 2.13 bits per heavy atom. The smallest absolute Gasteiger partial charge is 0.344 e. The second kappa shape index (κ2) is 11.3. The second-order valence-electron chi connectivity index (χ2n) is 6.44. The molecule has 0 saturated heterocycles. The molecule has 0 aliphatic heterocycles. The molecular weight excluding hydrogens is 398 g/mol. The van der Waals surface area contributed by atoms with Gasteiger partial charge >= 0.3 is 5.97 Å². The lowest BCUT2D eigenvalue weighted by molar-refractivity contribution is -0.149. The number of methoxy groups -OCH3 is 1. The molecule has 0 saturated carbocycles. The first-order valence-corrected chi connectivity index (χ1v) is 9.62. The predicted octanol–water partition coefficient (Wildman–Crippen LogP) is 3.83. The Morgan fingerprint density at radius 2 is 1.42 bits per heavy atom. The molecule has 0 unspecified atom stereocenters. The highest BCUT2D eigenvalue weighted by molar-refractivity contribution is 5.94. The van der Waals surface area contributed by atoms with Crippen LogP contribution < -0.4 is 19.5 Å². The zero-order valence-electron chi connectivity index (χ0n) is 17.1. The Hall–Kier alpha value is -4.00. The first-order chi connectivity index (χ1) is 15.1. The minimum atomic E-state index is -0.653. The standard InChI is InChI=1S/C24H23NO6/c1-28-22-10-6-5-9-21(22)25-23(26)16-31-24(27)17-30-20-13-11-19(12-14-20)29-15-18-7-3-2-4-8-18/h2-14H,15-17H2,1H3,(H,25,26). The van der Waals surface area contributed by atoms with Crippen LogP contribution in [0.5, 0.6) is 17.2 Å². The van der Waals surface area contributed by atoms with Crippen molar-refractivity contribution < 1.29 is 28.5 Å². The normalized spacial score (nSPS) is 10.1. The number of hydrogen-bond acceptors (Lipinski definition) is 6. The van der Waals surface area contributed by atoms with Crippen molar-refractivity contribution in [3.05, 3.63) is 84.4 Å². The van der Waals surface area contributed by atoms with Crippen LogP contribution in [-0.2, 0) is 20.9 Å². The van der Waals surface area contributed by atoms with Crippen molar-refractivity contribution >= 4 is 17.6 Å². The average Bonchev–Trinajstić information content (AvgIpc) is 2.82. The van der Waals surface area contributed by atoms with Gasteiger partial charge in [-0.05, 0) is 42.0 Å². The van der Waals surface area contributed by atoms with Crippen molar-refractivity contribution in [3.63, 3.8) is 0 Å². The van der Waals surface area contributed by atoms with Crippen LogP contribution in [-0.4, -0.2) is 32.2 Å². The minimum Gasteiger partial charge on any atom is -0.495 e. The van der Waals surface area contributed by atoms with Gasteiger partial charge in [0.1, 0.15) is 23.9 Å². The SMILES string of the molecule is COc1ccccc1NC(=O)COC(=O)COc1ccc(OCc2ccccc2)cc1. The summed E-state index contributed by atoms with van der Waals surface area (Å²) < 4.78 is 21.2. The monoisotopic (exact) mass is 421 g/mol. The van der Waals surface area contributed by atoms with Gasteiger partial charge in [-0.1, -0.05) is 42.5 Å². The third-order valence-electron chi connectivity index (χ3n) is 4.17. The number of carbonyl (C=O) groups excluding carboxylic acids is 2. The van der Waals surface area contributed by atoms with E-state index >= 15 is 0 Å². The lowest BCUT2D eigenvalue weighted by Gasteiger charge is -2.11. The maximum atomic E-state index is 12.0. The highest BCUT2D eigenvalue weighted by atomic mass is 16.6. The summed E-state index contributed by atoms with van der Waals surface area (Å²) in [6, 6.07) is 23.7. The Kier molecular flexibility index (Phi) is 7.88. The van der Waals surface area contributed by atoms with Crippen molar-refractivity contribution in [2.75, 3.05) is 25.6 Å². The number of para-hydroxylation sites is 2. The molecule has 3 aromatic carbocycles. The molecule has 0 aliphatic carbocycles. The Morgan fingerprint density at radius 1 is 0.774 bits per heavy atom. The van der Waals surface area contributed by atoms with E-state index in [1.54, 1.807) is 48.5 Å². The van der Waals surface area contributed by atoms with E-state index in [4.69, 9.17) is 18.9 Å². The van der Waals surface area contributed by atoms with Crippen LogP contribution in [0.3, 0.4) is 0 Å². The first kappa shape index (κ1) is 21.7. The van der Waals surface area contributed by atoms with Crippen molar-refractivity contribution in [2.45, 2.75) is 6.61 Å². The van der Waals surface area contributed by atoms with E-state index in [9.17, 15) is 9.59 Å². The summed E-state index contributed by atoms with van der Waals surface area (Å²) in [7, 11) is 1.50. The number of amides is 1. The number of anilines is 1. The van der Waals surface area contributed by atoms with E-state index in [0.29, 0.717) is 29.5 Å². The maximum Gasteiger partial charge on any atom is 0.344 e. The zero-order chi connectivity index (χ0) is 21.9. The molecule has 7 heteroatoms. The summed E-state index contributed by atoms with van der Waals surface area (Å²) in [5, 5.41) is 2.62. The molecule has 1 amide bonds. The quantitative estimate of drug-likeness (QED) is 0.501. The van der Waals surface area contributed by atoms with Crippen LogP contribution in [0.2, 0.25) is 0 Å². The molecule has 0 spiro atoms. The van der Waals surface area contributed by atoms with Crippen LogP contribution in [0.25, 0.3) is 0 Å². The fourth-order valence-electron chi connectivity index (χ4n) is 2.64. The van der Waals surface area contributed by atoms with Gasteiger partial charge in [-0.2, -0.15) is 0 Å². The first-order valence-electron chi connectivity index (χ1n) is 9.62. The van der Waals surface area contributed by atoms with Crippen molar-refractivity contribution in [1.29, 1.82) is 0 Å². The van der Waals surface area contributed by atoms with Gasteiger partial charge in [0.15, 0.2) is 13.2 Å². The van der Waals surface area contributed by atoms with E-state index in [0.717, 1.165) is 5.56 Å². The largest absolute Gasteiger partial charge is 0.495 e. The summed E-state index contributed by atoms with van der Waals surface area (Å²) in [4.78, 5) is 23.8. The van der Waals surface area contributed by atoms with Gasteiger partial charge in [0, 0.05) is 0 Å². The van der Waals surface area contributed by atoms with Crippen molar-refractivity contribution in [1.82, 2.24) is 0 Å². The molecule has 0 radical (unpaired) electrons. The Labute approximate surface area is 180 Å². The zero-order valence-corrected chi connectivity index (χ0v) is 17.1. The van der Waals surface area contributed by atoms with Gasteiger partial charge in [0.25, 0.3) is 5.91 Å². The van der Waals surface area contributed by atoms with Gasteiger partial charge in [-0.15, -0.1) is 0 Å². The molecule has 3 aromatic rings. The summed E-state index contributed by atoms with van der Waals surface area (Å²) in [6.45, 7) is -0.275. The fourth-order valence-corrected chi connectivity index (χ4v) is 2.64. The molecule has 0 fully saturated rings. The minimum absolute atomic E-state index is 0.313. The van der Waals surface area contributed by atoms with Gasteiger partial charge in [0.2, 0.25) is 0 Å². The summed E-state index contributed by atoms with van der Waals surface area (Å²) >= 11 is 0. The highest BCUT2D eigenvalue weighted by Crippen LogP contribution is 2.23. The topological polar surface area (TPSA) is 83.1 Å². The number of rotatable bonds is 10. The molecule has 31 heavy (non-hydrogen) atoms. The number of esters is 1. The Bertz CT molecular complexity index is 988. The highest BCUT2D eigenvalue weighted by Gasteiger charge is 2.11. The van der Waals surface area contributed by atoms with E-state index in [1.165, 1.54) is 7.11 Å². The van der Waals surface area contributed by atoms with Gasteiger partial charge in [0.05, 0.1) is 12.8 Å². The maximum absolute atomic E-state index is 12.0. The lowest BCUT2D eigenvalue weighted by atomic mass is 10.2. The molecule has 0 atom stereocenters. The van der Waals surface area contributed by atoms with E-state index < -0.39 is 18.5 Å². The van der Waals surface area contributed by atoms with Gasteiger partial charge < -0.3 is 24.3 Å². The predicted molar refractivity (Wildman–Crippen MR) is 115 cm³/mol. The second-order valence-corrected chi connectivity index (χ2v) is 6.44. The van der Waals surface area contributed by atoms with Crippen LogP contribution in [0, 0.1) is 0 Å². The molecule has 7 nitrogen and oxygen atoms in total. The van der Waals surface area contributed by atoms with Gasteiger partial charge in [-0.3, -0.25) is 4.79 Å². The molecule has 0 heterocycles. The van der Waals surface area contributed by atoms with Crippen LogP contribution in [0.15, 0.2) is 78.9 Å². The number of ether oxygens (including phenoxy) is 4. The van der Waals surface area contributed by atoms with Gasteiger partial charge in [-0.25, -0.2) is 4.79 Å². The summed E-state index contributed by atoms with van der Waals surface area (Å²) in [6.07, 6.45) is 0. The van der Waals surface area contributed by atoms with Crippen molar-refractivity contribution in [2.24, 2.45) is 0 Å². The average molecular weight is 421 g/mol. The molecule has 1 N–H and O–H groups in total. The van der Waals surface area contributed by atoms with Crippen LogP contribution in [0.4, 0.5) is 5.69 Å². The number of carbonyl (C=O) groups is 2. The molecule has 0 bridgehead atoms. The molecule has 0 aliphatic rings. The third kappa shape index (κ3) is 7.08. The fraction of sp³-hybridized carbons (Fsp3) is 0.167. The summed E-state index contributed by atoms with van der Waals surface area (Å²) in [5.74, 6) is 0.563. The van der Waals surface area contributed by atoms with Crippen molar-refractivity contribution in [3.8, 4) is 17.2 Å². The summed E-state index contributed by atoms with van der Waals surface area (Å²) in [5.41, 5.74) is 1.57. The molecular formula is C24H23NO6.